The number of nitrogens with one attached hydrogen (secondary N) is 1. The average Bonchev–Trinajstić information content (AvgIpc) is 2.60. The molecular formula is C19H26N2O3. The number of likely N-dealkylation sites (tertiary alicyclic amines) is 1. The number of amides is 2. The van der Waals surface area contributed by atoms with E-state index in [0.29, 0.717) is 13.1 Å². The van der Waals surface area contributed by atoms with Crippen molar-refractivity contribution in [2.24, 2.45) is 5.92 Å². The number of aliphatic hydroxyl groups excluding tert-OH is 1. The second kappa shape index (κ2) is 8.64. The summed E-state index contributed by atoms with van der Waals surface area (Å²) in [5, 5.41) is 12.3. The molecule has 2 amide bonds. The number of hydrogen-bond donors (Lipinski definition) is 2. The van der Waals surface area contributed by atoms with E-state index in [4.69, 9.17) is 0 Å². The molecule has 130 valence electrons. The fourth-order valence-corrected chi connectivity index (χ4v) is 2.94. The van der Waals surface area contributed by atoms with Crippen molar-refractivity contribution in [1.29, 1.82) is 0 Å². The minimum absolute atomic E-state index is 0.0690. The van der Waals surface area contributed by atoms with Crippen LogP contribution in [0.2, 0.25) is 0 Å². The molecule has 0 aliphatic carbocycles. The third kappa shape index (κ3) is 5.20. The molecule has 1 heterocycles. The van der Waals surface area contributed by atoms with Crippen LogP contribution in [0.1, 0.15) is 32.3 Å². The van der Waals surface area contributed by atoms with Crippen molar-refractivity contribution in [1.82, 2.24) is 10.2 Å². The topological polar surface area (TPSA) is 69.6 Å². The van der Waals surface area contributed by atoms with Crippen LogP contribution in [-0.2, 0) is 9.59 Å². The summed E-state index contributed by atoms with van der Waals surface area (Å²) in [7, 11) is 0. The van der Waals surface area contributed by atoms with Crippen molar-refractivity contribution in [2.45, 2.75) is 38.8 Å². The highest BCUT2D eigenvalue weighted by atomic mass is 16.3. The van der Waals surface area contributed by atoms with Gasteiger partial charge in [0.2, 0.25) is 11.8 Å². The highest BCUT2D eigenvalue weighted by Crippen LogP contribution is 2.20. The Balaban J connectivity index is 1.81. The second-order valence-electron chi connectivity index (χ2n) is 6.38. The van der Waals surface area contributed by atoms with Gasteiger partial charge < -0.3 is 15.3 Å². The highest BCUT2D eigenvalue weighted by Gasteiger charge is 2.28. The van der Waals surface area contributed by atoms with E-state index in [9.17, 15) is 14.7 Å². The minimum Gasteiger partial charge on any atom is -0.393 e. The Labute approximate surface area is 143 Å². The molecule has 1 fully saturated rings. The quantitative estimate of drug-likeness (QED) is 0.809. The molecule has 0 aromatic heterocycles. The highest BCUT2D eigenvalue weighted by molar-refractivity contribution is 5.95. The number of benzene rings is 1. The van der Waals surface area contributed by atoms with Crippen molar-refractivity contribution >= 4 is 17.9 Å². The molecule has 2 N–H and O–H groups in total. The molecule has 0 saturated carbocycles. The Bertz CT molecular complexity index is 576. The van der Waals surface area contributed by atoms with E-state index in [1.165, 1.54) is 6.08 Å². The maximum Gasteiger partial charge on any atom is 0.244 e. The number of rotatable bonds is 5. The summed E-state index contributed by atoms with van der Waals surface area (Å²) in [4.78, 5) is 26.1. The number of piperidine rings is 1. The van der Waals surface area contributed by atoms with Crippen LogP contribution < -0.4 is 5.32 Å². The first-order valence-corrected chi connectivity index (χ1v) is 8.48. The standard InChI is InChI=1S/C19H26N2O3/c1-14(19(24)21-12-10-17(11-13-21)15(2)22)20-18(23)9-8-16-6-4-3-5-7-16/h3-9,14-15,17,22H,10-13H2,1-2H3,(H,20,23). The van der Waals surface area contributed by atoms with Gasteiger partial charge in [-0.1, -0.05) is 30.3 Å². The Kier molecular flexibility index (Phi) is 6.55. The fraction of sp³-hybridized carbons (Fsp3) is 0.474. The van der Waals surface area contributed by atoms with Crippen LogP contribution in [0.15, 0.2) is 36.4 Å². The van der Waals surface area contributed by atoms with Gasteiger partial charge in [-0.3, -0.25) is 9.59 Å². The van der Waals surface area contributed by atoms with Crippen molar-refractivity contribution in [3.63, 3.8) is 0 Å². The van der Waals surface area contributed by atoms with Gasteiger partial charge in [0.25, 0.3) is 0 Å². The van der Waals surface area contributed by atoms with Crippen molar-refractivity contribution in [2.75, 3.05) is 13.1 Å². The van der Waals surface area contributed by atoms with Gasteiger partial charge in [0, 0.05) is 19.2 Å². The molecule has 2 atom stereocenters. The van der Waals surface area contributed by atoms with Crippen LogP contribution in [-0.4, -0.2) is 47.1 Å². The fourth-order valence-electron chi connectivity index (χ4n) is 2.94. The van der Waals surface area contributed by atoms with E-state index < -0.39 is 6.04 Å². The summed E-state index contributed by atoms with van der Waals surface area (Å²) < 4.78 is 0. The van der Waals surface area contributed by atoms with E-state index in [1.54, 1.807) is 24.8 Å². The first-order chi connectivity index (χ1) is 11.5. The van der Waals surface area contributed by atoms with Gasteiger partial charge in [-0.25, -0.2) is 0 Å². The third-order valence-corrected chi connectivity index (χ3v) is 4.49. The zero-order chi connectivity index (χ0) is 17.5. The summed E-state index contributed by atoms with van der Waals surface area (Å²) in [5.74, 6) is -0.0909. The first-order valence-electron chi connectivity index (χ1n) is 8.48. The van der Waals surface area contributed by atoms with E-state index in [0.717, 1.165) is 18.4 Å². The lowest BCUT2D eigenvalue weighted by atomic mass is 9.92. The Hall–Kier alpha value is -2.14. The molecular weight excluding hydrogens is 304 g/mol. The molecule has 24 heavy (non-hydrogen) atoms. The number of carbonyl (C=O) groups excluding carboxylic acids is 2. The second-order valence-corrected chi connectivity index (χ2v) is 6.38. The third-order valence-electron chi connectivity index (χ3n) is 4.49. The lowest BCUT2D eigenvalue weighted by Crippen LogP contribution is -2.49. The molecule has 0 bridgehead atoms. The number of hydrogen-bond acceptors (Lipinski definition) is 3. The monoisotopic (exact) mass is 330 g/mol. The molecule has 1 saturated heterocycles. The van der Waals surface area contributed by atoms with Crippen LogP contribution in [0.4, 0.5) is 0 Å². The summed E-state index contributed by atoms with van der Waals surface area (Å²) >= 11 is 0. The normalized spacial score (nSPS) is 18.4. The Morgan fingerprint density at radius 3 is 2.42 bits per heavy atom. The first kappa shape index (κ1) is 18.2. The summed E-state index contributed by atoms with van der Waals surface area (Å²) in [5.41, 5.74) is 0.937. The van der Waals surface area contributed by atoms with Gasteiger partial charge in [-0.05, 0) is 44.2 Å². The van der Waals surface area contributed by atoms with Crippen LogP contribution in [0.5, 0.6) is 0 Å². The molecule has 2 unspecified atom stereocenters. The zero-order valence-corrected chi connectivity index (χ0v) is 14.3. The minimum atomic E-state index is -0.555. The Morgan fingerprint density at radius 2 is 1.83 bits per heavy atom. The maximum atomic E-state index is 12.4. The predicted molar refractivity (Wildman–Crippen MR) is 94.1 cm³/mol. The van der Waals surface area contributed by atoms with Gasteiger partial charge >= 0.3 is 0 Å². The lowest BCUT2D eigenvalue weighted by molar-refractivity contribution is -0.136. The average molecular weight is 330 g/mol. The van der Waals surface area contributed by atoms with E-state index >= 15 is 0 Å². The van der Waals surface area contributed by atoms with Crippen LogP contribution in [0.3, 0.4) is 0 Å². The predicted octanol–water partition coefficient (Wildman–Crippen LogP) is 1.82. The molecule has 2 rings (SSSR count). The number of aliphatic hydroxyl groups is 1. The van der Waals surface area contributed by atoms with Crippen LogP contribution in [0, 0.1) is 5.92 Å². The largest absolute Gasteiger partial charge is 0.393 e. The molecule has 0 radical (unpaired) electrons. The van der Waals surface area contributed by atoms with Crippen molar-refractivity contribution in [3.8, 4) is 0 Å². The summed E-state index contributed by atoms with van der Waals surface area (Å²) in [6, 6.07) is 8.98. The summed E-state index contributed by atoms with van der Waals surface area (Å²) in [6.07, 6.45) is 4.44. The molecule has 1 aliphatic heterocycles. The Morgan fingerprint density at radius 1 is 1.21 bits per heavy atom. The zero-order valence-electron chi connectivity index (χ0n) is 14.3. The van der Waals surface area contributed by atoms with Crippen LogP contribution in [0.25, 0.3) is 6.08 Å². The van der Waals surface area contributed by atoms with Gasteiger partial charge in [-0.15, -0.1) is 0 Å². The number of nitrogens with zero attached hydrogens (tertiary/aromatic N) is 1. The lowest BCUT2D eigenvalue weighted by Gasteiger charge is -2.34. The smallest absolute Gasteiger partial charge is 0.244 e. The SMILES string of the molecule is CC(NC(=O)C=Cc1ccccc1)C(=O)N1CCC(C(C)O)CC1. The van der Waals surface area contributed by atoms with Gasteiger partial charge in [0.1, 0.15) is 6.04 Å². The molecule has 1 aromatic carbocycles. The molecule has 5 nitrogen and oxygen atoms in total. The molecule has 1 aromatic rings. The van der Waals surface area contributed by atoms with E-state index in [1.807, 2.05) is 30.3 Å². The number of carbonyl (C=O) groups is 2. The van der Waals surface area contributed by atoms with Crippen molar-refractivity contribution in [3.05, 3.63) is 42.0 Å². The molecule has 5 heteroatoms. The van der Waals surface area contributed by atoms with E-state index in [-0.39, 0.29) is 23.8 Å². The molecule has 1 aliphatic rings. The van der Waals surface area contributed by atoms with Gasteiger partial charge in [-0.2, -0.15) is 0 Å². The van der Waals surface area contributed by atoms with Gasteiger partial charge in [0.15, 0.2) is 0 Å². The van der Waals surface area contributed by atoms with Crippen molar-refractivity contribution < 1.29 is 14.7 Å². The van der Waals surface area contributed by atoms with E-state index in [2.05, 4.69) is 5.32 Å². The van der Waals surface area contributed by atoms with Crippen LogP contribution >= 0.6 is 0 Å². The maximum absolute atomic E-state index is 12.4. The molecule has 0 spiro atoms. The summed E-state index contributed by atoms with van der Waals surface area (Å²) in [6.45, 7) is 4.77. The van der Waals surface area contributed by atoms with Gasteiger partial charge in [0.05, 0.1) is 6.10 Å².